The first kappa shape index (κ1) is 15.2. The van der Waals surface area contributed by atoms with Gasteiger partial charge in [-0.05, 0) is 12.8 Å². The molecule has 112 valence electrons. The molecule has 0 radical (unpaired) electrons. The average molecular weight is 276 g/mol. The fraction of sp³-hybridized carbons (Fsp3) is 1.00. The second-order valence-electron chi connectivity index (χ2n) is 5.12. The van der Waals surface area contributed by atoms with Crippen molar-refractivity contribution in [3.05, 3.63) is 0 Å². The van der Waals surface area contributed by atoms with Crippen LogP contribution in [-0.2, 0) is 18.9 Å². The van der Waals surface area contributed by atoms with E-state index in [-0.39, 0.29) is 6.29 Å². The van der Waals surface area contributed by atoms with E-state index in [4.69, 9.17) is 18.9 Å². The third-order valence-electron chi connectivity index (χ3n) is 3.67. The van der Waals surface area contributed by atoms with Gasteiger partial charge in [0.1, 0.15) is 24.4 Å². The Morgan fingerprint density at radius 1 is 1.16 bits per heavy atom. The van der Waals surface area contributed by atoms with Crippen molar-refractivity contribution < 1.29 is 29.2 Å². The molecule has 2 saturated heterocycles. The molecule has 2 fully saturated rings. The average Bonchev–Trinajstić information content (AvgIpc) is 2.43. The molecule has 0 aromatic rings. The van der Waals surface area contributed by atoms with Crippen molar-refractivity contribution in [2.75, 3.05) is 13.7 Å². The molecule has 0 bridgehead atoms. The highest BCUT2D eigenvalue weighted by atomic mass is 16.7. The number of hydrogen-bond acceptors (Lipinski definition) is 6. The molecule has 0 amide bonds. The Balaban J connectivity index is 1.88. The summed E-state index contributed by atoms with van der Waals surface area (Å²) >= 11 is 0. The standard InChI is InChI=1S/C13H24O6/c1-3-4-5-6-9-17-7-8-12(19-9)10(14)11(15)13(16-2)18-8/h8-15H,3-7H2,1-2H3. The largest absolute Gasteiger partial charge is 0.387 e. The van der Waals surface area contributed by atoms with Gasteiger partial charge in [0.15, 0.2) is 12.6 Å². The van der Waals surface area contributed by atoms with E-state index < -0.39 is 30.7 Å². The molecule has 6 heteroatoms. The van der Waals surface area contributed by atoms with Gasteiger partial charge in [-0.15, -0.1) is 0 Å². The molecule has 2 heterocycles. The van der Waals surface area contributed by atoms with Crippen LogP contribution in [0.4, 0.5) is 0 Å². The van der Waals surface area contributed by atoms with Crippen LogP contribution in [0.25, 0.3) is 0 Å². The van der Waals surface area contributed by atoms with Crippen LogP contribution in [0.1, 0.15) is 32.6 Å². The zero-order valence-electron chi connectivity index (χ0n) is 11.5. The normalized spacial score (nSPS) is 42.9. The van der Waals surface area contributed by atoms with E-state index >= 15 is 0 Å². The van der Waals surface area contributed by atoms with Crippen LogP contribution in [-0.4, -0.2) is 60.9 Å². The van der Waals surface area contributed by atoms with Gasteiger partial charge in [0.25, 0.3) is 0 Å². The summed E-state index contributed by atoms with van der Waals surface area (Å²) in [5, 5.41) is 19.9. The Bertz CT molecular complexity index is 272. The van der Waals surface area contributed by atoms with Crippen molar-refractivity contribution in [3.8, 4) is 0 Å². The number of aliphatic hydroxyl groups is 2. The van der Waals surface area contributed by atoms with Crippen LogP contribution >= 0.6 is 0 Å². The molecule has 2 aliphatic rings. The molecule has 0 aromatic carbocycles. The fourth-order valence-corrected chi connectivity index (χ4v) is 2.53. The van der Waals surface area contributed by atoms with Crippen molar-refractivity contribution in [2.24, 2.45) is 0 Å². The van der Waals surface area contributed by atoms with Crippen LogP contribution in [0.3, 0.4) is 0 Å². The van der Waals surface area contributed by atoms with E-state index in [1.165, 1.54) is 7.11 Å². The third-order valence-corrected chi connectivity index (χ3v) is 3.67. The summed E-state index contributed by atoms with van der Waals surface area (Å²) in [5.41, 5.74) is 0. The monoisotopic (exact) mass is 276 g/mol. The number of unbranched alkanes of at least 4 members (excludes halogenated alkanes) is 2. The minimum Gasteiger partial charge on any atom is -0.387 e. The SMILES string of the molecule is CCCCCC1OCC2OC(OC)C(O)C(O)C2O1. The summed E-state index contributed by atoms with van der Waals surface area (Å²) < 4.78 is 21.8. The van der Waals surface area contributed by atoms with E-state index in [1.807, 2.05) is 0 Å². The molecule has 2 rings (SSSR count). The van der Waals surface area contributed by atoms with Crippen LogP contribution in [0, 0.1) is 0 Å². The lowest BCUT2D eigenvalue weighted by molar-refractivity contribution is -0.356. The Hall–Kier alpha value is -0.240. The summed E-state index contributed by atoms with van der Waals surface area (Å²) in [6.07, 6.45) is -0.123. The van der Waals surface area contributed by atoms with Gasteiger partial charge in [0, 0.05) is 7.11 Å². The maximum Gasteiger partial charge on any atom is 0.186 e. The second-order valence-corrected chi connectivity index (χ2v) is 5.12. The van der Waals surface area contributed by atoms with Crippen molar-refractivity contribution >= 4 is 0 Å². The number of hydrogen-bond donors (Lipinski definition) is 2. The molecule has 0 aromatic heterocycles. The number of aliphatic hydroxyl groups excluding tert-OH is 2. The number of fused-ring (bicyclic) bond motifs is 1. The molecular formula is C13H24O6. The minimum absolute atomic E-state index is 0.322. The van der Waals surface area contributed by atoms with E-state index in [0.717, 1.165) is 25.7 Å². The van der Waals surface area contributed by atoms with Crippen LogP contribution < -0.4 is 0 Å². The molecule has 2 N–H and O–H groups in total. The van der Waals surface area contributed by atoms with Gasteiger partial charge >= 0.3 is 0 Å². The van der Waals surface area contributed by atoms with Crippen LogP contribution in [0.5, 0.6) is 0 Å². The van der Waals surface area contributed by atoms with Gasteiger partial charge in [0.05, 0.1) is 6.61 Å². The van der Waals surface area contributed by atoms with Crippen molar-refractivity contribution in [1.29, 1.82) is 0 Å². The second kappa shape index (κ2) is 6.97. The van der Waals surface area contributed by atoms with Gasteiger partial charge in [-0.2, -0.15) is 0 Å². The van der Waals surface area contributed by atoms with Gasteiger partial charge in [-0.25, -0.2) is 0 Å². The summed E-state index contributed by atoms with van der Waals surface area (Å²) in [6, 6.07) is 0. The molecule has 0 saturated carbocycles. The summed E-state index contributed by atoms with van der Waals surface area (Å²) in [5.74, 6) is 0. The highest BCUT2D eigenvalue weighted by Crippen LogP contribution is 2.29. The molecule has 0 aliphatic carbocycles. The van der Waals surface area contributed by atoms with Crippen molar-refractivity contribution in [3.63, 3.8) is 0 Å². The maximum absolute atomic E-state index is 10.1. The molecule has 0 spiro atoms. The van der Waals surface area contributed by atoms with Gasteiger partial charge in [0.2, 0.25) is 0 Å². The van der Waals surface area contributed by atoms with E-state index in [1.54, 1.807) is 0 Å². The minimum atomic E-state index is -1.10. The lowest BCUT2D eigenvalue weighted by Gasteiger charge is -2.45. The Kier molecular flexibility index (Phi) is 5.56. The predicted octanol–water partition coefficient (Wildman–Crippen LogP) is 0.401. The van der Waals surface area contributed by atoms with E-state index in [2.05, 4.69) is 6.92 Å². The zero-order chi connectivity index (χ0) is 13.8. The van der Waals surface area contributed by atoms with Gasteiger partial charge in [-0.3, -0.25) is 0 Å². The molecule has 6 atom stereocenters. The Labute approximate surface area is 113 Å². The highest BCUT2D eigenvalue weighted by Gasteiger charge is 2.48. The lowest BCUT2D eigenvalue weighted by atomic mass is 9.98. The number of rotatable bonds is 5. The van der Waals surface area contributed by atoms with Crippen LogP contribution in [0.15, 0.2) is 0 Å². The van der Waals surface area contributed by atoms with Gasteiger partial charge in [-0.1, -0.05) is 19.8 Å². The van der Waals surface area contributed by atoms with Crippen molar-refractivity contribution in [1.82, 2.24) is 0 Å². The molecule has 19 heavy (non-hydrogen) atoms. The van der Waals surface area contributed by atoms with E-state index in [0.29, 0.717) is 6.61 Å². The number of methoxy groups -OCH3 is 1. The van der Waals surface area contributed by atoms with Crippen molar-refractivity contribution in [2.45, 2.75) is 69.6 Å². The quantitative estimate of drug-likeness (QED) is 0.708. The Morgan fingerprint density at radius 3 is 2.63 bits per heavy atom. The smallest absolute Gasteiger partial charge is 0.186 e. The first-order chi connectivity index (χ1) is 9.17. The highest BCUT2D eigenvalue weighted by molar-refractivity contribution is 4.92. The summed E-state index contributed by atoms with van der Waals surface area (Å²) in [6.45, 7) is 2.49. The first-order valence-electron chi connectivity index (χ1n) is 6.98. The topological polar surface area (TPSA) is 77.4 Å². The van der Waals surface area contributed by atoms with Crippen LogP contribution in [0.2, 0.25) is 0 Å². The summed E-state index contributed by atoms with van der Waals surface area (Å²) in [7, 11) is 1.43. The maximum atomic E-state index is 10.1. The fourth-order valence-electron chi connectivity index (χ4n) is 2.53. The molecule has 2 aliphatic heterocycles. The predicted molar refractivity (Wildman–Crippen MR) is 66.4 cm³/mol. The molecule has 6 unspecified atom stereocenters. The first-order valence-corrected chi connectivity index (χ1v) is 6.98. The number of ether oxygens (including phenoxy) is 4. The van der Waals surface area contributed by atoms with E-state index in [9.17, 15) is 10.2 Å². The van der Waals surface area contributed by atoms with Gasteiger partial charge < -0.3 is 29.2 Å². The molecule has 6 nitrogen and oxygen atoms in total. The zero-order valence-corrected chi connectivity index (χ0v) is 11.5. The lowest BCUT2D eigenvalue weighted by Crippen LogP contribution is -2.63. The Morgan fingerprint density at radius 2 is 1.95 bits per heavy atom. The third kappa shape index (κ3) is 3.45. The molecular weight excluding hydrogens is 252 g/mol. The summed E-state index contributed by atoms with van der Waals surface area (Å²) in [4.78, 5) is 0.